The highest BCUT2D eigenvalue weighted by Crippen LogP contribution is 2.41. The Morgan fingerprint density at radius 3 is 2.06 bits per heavy atom. The SMILES string of the molecule is CC1CCC(C2CCC(C(=O)Oc3ccc(-c4ccc(C#N)c(F)c4)cc3)CC2)CC1. The Hall–Kier alpha value is -2.67. The molecule has 0 aliphatic heterocycles. The van der Waals surface area contributed by atoms with Gasteiger partial charge in [-0.1, -0.05) is 38.0 Å². The average molecular weight is 420 g/mol. The summed E-state index contributed by atoms with van der Waals surface area (Å²) >= 11 is 0. The van der Waals surface area contributed by atoms with Crippen molar-refractivity contribution in [3.05, 3.63) is 53.8 Å². The molecule has 4 heteroatoms. The lowest BCUT2D eigenvalue weighted by Gasteiger charge is -2.36. The first-order valence-electron chi connectivity index (χ1n) is 11.5. The second kappa shape index (κ2) is 9.64. The van der Waals surface area contributed by atoms with Crippen LogP contribution in [0.3, 0.4) is 0 Å². The molecule has 2 aliphatic carbocycles. The van der Waals surface area contributed by atoms with Crippen molar-refractivity contribution in [3.63, 3.8) is 0 Å². The normalized spacial score (nSPS) is 26.1. The first kappa shape index (κ1) is 21.6. The highest BCUT2D eigenvalue weighted by atomic mass is 19.1. The molecule has 4 rings (SSSR count). The molecule has 2 saturated carbocycles. The van der Waals surface area contributed by atoms with Crippen LogP contribution in [0.15, 0.2) is 42.5 Å². The van der Waals surface area contributed by atoms with E-state index in [1.54, 1.807) is 18.2 Å². The van der Waals surface area contributed by atoms with E-state index < -0.39 is 5.82 Å². The molecule has 162 valence electrons. The molecule has 0 amide bonds. The topological polar surface area (TPSA) is 50.1 Å². The van der Waals surface area contributed by atoms with E-state index in [4.69, 9.17) is 10.00 Å². The average Bonchev–Trinajstić information content (AvgIpc) is 2.80. The monoisotopic (exact) mass is 419 g/mol. The Labute approximate surface area is 184 Å². The summed E-state index contributed by atoms with van der Waals surface area (Å²) in [4.78, 5) is 12.7. The van der Waals surface area contributed by atoms with Crippen LogP contribution in [0.25, 0.3) is 11.1 Å². The third-order valence-corrected chi connectivity index (χ3v) is 7.33. The maximum atomic E-state index is 13.9. The van der Waals surface area contributed by atoms with Crippen molar-refractivity contribution in [1.82, 2.24) is 0 Å². The summed E-state index contributed by atoms with van der Waals surface area (Å²) in [5.74, 6) is 2.36. The number of halogens is 1. The number of nitrogens with zero attached hydrogens (tertiary/aromatic N) is 1. The Balaban J connectivity index is 1.30. The number of carbonyl (C=O) groups is 1. The van der Waals surface area contributed by atoms with E-state index in [1.807, 2.05) is 18.2 Å². The summed E-state index contributed by atoms with van der Waals surface area (Å²) in [6.45, 7) is 2.36. The van der Waals surface area contributed by atoms with E-state index >= 15 is 0 Å². The minimum atomic E-state index is -0.533. The van der Waals surface area contributed by atoms with Crippen LogP contribution in [0.4, 0.5) is 4.39 Å². The first-order chi connectivity index (χ1) is 15.0. The maximum absolute atomic E-state index is 13.9. The predicted octanol–water partition coefficient (Wildman–Crippen LogP) is 6.90. The number of hydrogen-bond donors (Lipinski definition) is 0. The lowest BCUT2D eigenvalue weighted by atomic mass is 9.69. The van der Waals surface area contributed by atoms with Crippen molar-refractivity contribution in [2.24, 2.45) is 23.7 Å². The first-order valence-corrected chi connectivity index (χ1v) is 11.5. The molecule has 2 aromatic carbocycles. The van der Waals surface area contributed by atoms with Gasteiger partial charge < -0.3 is 4.74 Å². The van der Waals surface area contributed by atoms with E-state index in [0.717, 1.165) is 49.0 Å². The fourth-order valence-corrected chi connectivity index (χ4v) is 5.28. The number of hydrogen-bond acceptors (Lipinski definition) is 3. The summed E-state index contributed by atoms with van der Waals surface area (Å²) in [6, 6.07) is 13.5. The van der Waals surface area contributed by atoms with Crippen molar-refractivity contribution < 1.29 is 13.9 Å². The summed E-state index contributed by atoms with van der Waals surface area (Å²) < 4.78 is 19.5. The fourth-order valence-electron chi connectivity index (χ4n) is 5.28. The van der Waals surface area contributed by atoms with Crippen LogP contribution in [0.5, 0.6) is 5.75 Å². The van der Waals surface area contributed by atoms with Gasteiger partial charge in [-0.05, 0) is 91.7 Å². The van der Waals surface area contributed by atoms with Crippen molar-refractivity contribution >= 4 is 5.97 Å². The second-order valence-electron chi connectivity index (χ2n) is 9.38. The summed E-state index contributed by atoms with van der Waals surface area (Å²) in [5.41, 5.74) is 1.53. The number of benzene rings is 2. The summed E-state index contributed by atoms with van der Waals surface area (Å²) in [5, 5.41) is 8.86. The molecule has 0 spiro atoms. The minimum Gasteiger partial charge on any atom is -0.426 e. The van der Waals surface area contributed by atoms with Gasteiger partial charge in [0.25, 0.3) is 0 Å². The van der Waals surface area contributed by atoms with Gasteiger partial charge in [-0.2, -0.15) is 5.26 Å². The predicted molar refractivity (Wildman–Crippen MR) is 119 cm³/mol. The number of carbonyl (C=O) groups excluding carboxylic acids is 1. The van der Waals surface area contributed by atoms with Crippen molar-refractivity contribution in [3.8, 4) is 22.9 Å². The Bertz CT molecular complexity index is 946. The maximum Gasteiger partial charge on any atom is 0.314 e. The molecule has 0 saturated heterocycles. The van der Waals surface area contributed by atoms with Gasteiger partial charge >= 0.3 is 5.97 Å². The highest BCUT2D eigenvalue weighted by molar-refractivity contribution is 5.75. The third kappa shape index (κ3) is 5.15. The fraction of sp³-hybridized carbons (Fsp3) is 0.481. The van der Waals surface area contributed by atoms with Gasteiger partial charge in [-0.3, -0.25) is 4.79 Å². The molecule has 2 fully saturated rings. The molecule has 0 atom stereocenters. The van der Waals surface area contributed by atoms with E-state index in [1.165, 1.54) is 37.8 Å². The van der Waals surface area contributed by atoms with Gasteiger partial charge in [0, 0.05) is 0 Å². The van der Waals surface area contributed by atoms with Crippen LogP contribution in [-0.2, 0) is 4.79 Å². The van der Waals surface area contributed by atoms with Gasteiger partial charge in [0.15, 0.2) is 0 Å². The molecular formula is C27H30FNO2. The molecule has 2 aliphatic rings. The van der Waals surface area contributed by atoms with Gasteiger partial charge in [-0.25, -0.2) is 4.39 Å². The summed E-state index contributed by atoms with van der Waals surface area (Å²) in [6.07, 6.45) is 9.57. The van der Waals surface area contributed by atoms with Crippen LogP contribution >= 0.6 is 0 Å². The van der Waals surface area contributed by atoms with Crippen LogP contribution < -0.4 is 4.74 Å². The van der Waals surface area contributed by atoms with Gasteiger partial charge in [0.2, 0.25) is 0 Å². The van der Waals surface area contributed by atoms with E-state index in [-0.39, 0.29) is 17.5 Å². The second-order valence-corrected chi connectivity index (χ2v) is 9.38. The van der Waals surface area contributed by atoms with Crippen LogP contribution in [0.1, 0.15) is 63.9 Å². The number of rotatable bonds is 4. The van der Waals surface area contributed by atoms with Gasteiger partial charge in [0.05, 0.1) is 11.5 Å². The zero-order chi connectivity index (χ0) is 21.8. The standard InChI is InChI=1S/C27H30FNO2/c1-18-2-4-19(5-3-18)20-6-8-22(9-7-20)27(30)31-25-14-12-21(13-15-25)23-10-11-24(17-29)26(28)16-23/h10-16,18-20,22H,2-9H2,1H3. The van der Waals surface area contributed by atoms with Crippen molar-refractivity contribution in [2.45, 2.75) is 58.3 Å². The Morgan fingerprint density at radius 1 is 0.903 bits per heavy atom. The molecule has 2 aromatic rings. The minimum absolute atomic E-state index is 0.00828. The highest BCUT2D eigenvalue weighted by Gasteiger charge is 2.33. The zero-order valence-electron chi connectivity index (χ0n) is 18.1. The van der Waals surface area contributed by atoms with Crippen LogP contribution in [0.2, 0.25) is 0 Å². The molecule has 0 unspecified atom stereocenters. The smallest absolute Gasteiger partial charge is 0.314 e. The molecular weight excluding hydrogens is 389 g/mol. The number of esters is 1. The van der Waals surface area contributed by atoms with Crippen LogP contribution in [0, 0.1) is 40.8 Å². The van der Waals surface area contributed by atoms with E-state index in [9.17, 15) is 9.18 Å². The lowest BCUT2D eigenvalue weighted by Crippen LogP contribution is -2.29. The quantitative estimate of drug-likeness (QED) is 0.400. The molecule has 3 nitrogen and oxygen atoms in total. The largest absolute Gasteiger partial charge is 0.426 e. The molecule has 0 N–H and O–H groups in total. The van der Waals surface area contributed by atoms with Crippen LogP contribution in [-0.4, -0.2) is 5.97 Å². The molecule has 0 radical (unpaired) electrons. The molecule has 0 heterocycles. The summed E-state index contributed by atoms with van der Waals surface area (Å²) in [7, 11) is 0. The van der Waals surface area contributed by atoms with Crippen molar-refractivity contribution in [2.75, 3.05) is 0 Å². The zero-order valence-corrected chi connectivity index (χ0v) is 18.1. The van der Waals surface area contributed by atoms with Crippen molar-refractivity contribution in [1.29, 1.82) is 5.26 Å². The molecule has 31 heavy (non-hydrogen) atoms. The molecule has 0 bridgehead atoms. The number of nitriles is 1. The third-order valence-electron chi connectivity index (χ3n) is 7.33. The van der Waals surface area contributed by atoms with E-state index in [0.29, 0.717) is 11.3 Å². The lowest BCUT2D eigenvalue weighted by molar-refractivity contribution is -0.140. The number of ether oxygens (including phenoxy) is 1. The van der Waals surface area contributed by atoms with E-state index in [2.05, 4.69) is 6.92 Å². The van der Waals surface area contributed by atoms with Gasteiger partial charge in [0.1, 0.15) is 17.6 Å². The Kier molecular flexibility index (Phi) is 6.70. The Morgan fingerprint density at radius 2 is 1.48 bits per heavy atom. The van der Waals surface area contributed by atoms with Gasteiger partial charge in [-0.15, -0.1) is 0 Å². The molecule has 0 aromatic heterocycles.